The number of alkyl halides is 2. The molecule has 2 amide bonds. The number of nitrogens with zero attached hydrogens (tertiary/aromatic N) is 2. The highest BCUT2D eigenvalue weighted by atomic mass is 32.1. The fourth-order valence-corrected chi connectivity index (χ4v) is 4.79. The van der Waals surface area contributed by atoms with E-state index < -0.39 is 6.61 Å². The SMILES string of the molecule is Cc1nc(N2CCC(Cc3ccc(OC(F)F)cc3)C2=O)sc1C(=O)NCc1ccccc1. The molecular weight excluding hydrogens is 448 g/mol. The van der Waals surface area contributed by atoms with Crippen LogP contribution in [0.2, 0.25) is 0 Å². The molecule has 1 fully saturated rings. The average molecular weight is 472 g/mol. The molecule has 0 radical (unpaired) electrons. The standard InChI is InChI=1S/C24H23F2N3O3S/c1-15-20(21(30)27-14-17-5-3-2-4-6-17)33-24(28-15)29-12-11-18(22(29)31)13-16-7-9-19(10-8-16)32-23(25)26/h2-10,18,23H,11-14H2,1H3,(H,27,30). The van der Waals surface area contributed by atoms with Crippen LogP contribution in [0.5, 0.6) is 5.75 Å². The molecule has 4 rings (SSSR count). The van der Waals surface area contributed by atoms with E-state index in [4.69, 9.17) is 0 Å². The number of thiazole rings is 1. The number of anilines is 1. The number of hydrogen-bond donors (Lipinski definition) is 1. The number of aryl methyl sites for hydroxylation is 1. The van der Waals surface area contributed by atoms with Crippen molar-refractivity contribution in [3.05, 3.63) is 76.3 Å². The summed E-state index contributed by atoms with van der Waals surface area (Å²) in [5, 5.41) is 3.42. The van der Waals surface area contributed by atoms with Crippen molar-refractivity contribution >= 4 is 28.3 Å². The summed E-state index contributed by atoms with van der Waals surface area (Å²) in [6, 6.07) is 16.0. The van der Waals surface area contributed by atoms with Gasteiger partial charge in [0.2, 0.25) is 5.91 Å². The van der Waals surface area contributed by atoms with Gasteiger partial charge in [-0.05, 0) is 43.0 Å². The first-order chi connectivity index (χ1) is 15.9. The first kappa shape index (κ1) is 22.8. The maximum absolute atomic E-state index is 13.0. The summed E-state index contributed by atoms with van der Waals surface area (Å²) < 4.78 is 29.0. The van der Waals surface area contributed by atoms with Gasteiger partial charge in [-0.15, -0.1) is 0 Å². The molecule has 1 aromatic heterocycles. The van der Waals surface area contributed by atoms with Crippen LogP contribution in [-0.4, -0.2) is 30.0 Å². The summed E-state index contributed by atoms with van der Waals surface area (Å²) >= 11 is 1.21. The minimum absolute atomic E-state index is 0.0482. The lowest BCUT2D eigenvalue weighted by molar-refractivity contribution is -0.120. The van der Waals surface area contributed by atoms with Gasteiger partial charge in [0.25, 0.3) is 5.91 Å². The predicted molar refractivity (Wildman–Crippen MR) is 122 cm³/mol. The number of carbonyl (C=O) groups is 2. The van der Waals surface area contributed by atoms with Crippen molar-refractivity contribution in [2.24, 2.45) is 5.92 Å². The zero-order valence-corrected chi connectivity index (χ0v) is 18.8. The van der Waals surface area contributed by atoms with Gasteiger partial charge in [0.05, 0.1) is 5.69 Å². The fourth-order valence-electron chi connectivity index (χ4n) is 3.78. The number of nitrogens with one attached hydrogen (secondary N) is 1. The Balaban J connectivity index is 1.38. The van der Waals surface area contributed by atoms with Gasteiger partial charge in [-0.1, -0.05) is 53.8 Å². The average Bonchev–Trinajstić information content (AvgIpc) is 3.36. The molecule has 9 heteroatoms. The molecule has 3 aromatic rings. The highest BCUT2D eigenvalue weighted by Crippen LogP contribution is 2.32. The van der Waals surface area contributed by atoms with Gasteiger partial charge < -0.3 is 10.1 Å². The topological polar surface area (TPSA) is 71.5 Å². The summed E-state index contributed by atoms with van der Waals surface area (Å²) in [7, 11) is 0. The van der Waals surface area contributed by atoms with Gasteiger partial charge in [0, 0.05) is 19.0 Å². The van der Waals surface area contributed by atoms with Crippen molar-refractivity contribution in [3.63, 3.8) is 0 Å². The van der Waals surface area contributed by atoms with Crippen LogP contribution in [0.4, 0.5) is 13.9 Å². The van der Waals surface area contributed by atoms with Crippen LogP contribution < -0.4 is 15.0 Å². The third-order valence-electron chi connectivity index (χ3n) is 5.47. The zero-order chi connectivity index (χ0) is 23.4. The molecule has 33 heavy (non-hydrogen) atoms. The van der Waals surface area contributed by atoms with E-state index in [9.17, 15) is 18.4 Å². The normalized spacial score (nSPS) is 15.8. The van der Waals surface area contributed by atoms with Gasteiger partial charge in [0.1, 0.15) is 10.6 Å². The first-order valence-electron chi connectivity index (χ1n) is 10.6. The van der Waals surface area contributed by atoms with Gasteiger partial charge in [-0.25, -0.2) is 4.98 Å². The maximum Gasteiger partial charge on any atom is 0.387 e. The van der Waals surface area contributed by atoms with E-state index in [1.165, 1.54) is 23.5 Å². The third-order valence-corrected chi connectivity index (χ3v) is 6.64. The Labute approximate surface area is 194 Å². The Morgan fingerprint density at radius 1 is 1.18 bits per heavy atom. The second-order valence-electron chi connectivity index (χ2n) is 7.78. The van der Waals surface area contributed by atoms with E-state index in [1.54, 1.807) is 24.0 Å². The third kappa shape index (κ3) is 5.54. The van der Waals surface area contributed by atoms with E-state index in [0.29, 0.717) is 41.6 Å². The largest absolute Gasteiger partial charge is 0.435 e. The molecule has 172 valence electrons. The molecule has 1 N–H and O–H groups in total. The molecule has 1 saturated heterocycles. The molecule has 0 bridgehead atoms. The van der Waals surface area contributed by atoms with E-state index in [-0.39, 0.29) is 23.5 Å². The number of aromatic nitrogens is 1. The van der Waals surface area contributed by atoms with Gasteiger partial charge in [0.15, 0.2) is 5.13 Å². The maximum atomic E-state index is 13.0. The van der Waals surface area contributed by atoms with Crippen LogP contribution in [-0.2, 0) is 17.8 Å². The lowest BCUT2D eigenvalue weighted by atomic mass is 9.98. The van der Waals surface area contributed by atoms with Crippen molar-refractivity contribution in [3.8, 4) is 5.75 Å². The molecule has 1 unspecified atom stereocenters. The van der Waals surface area contributed by atoms with E-state index in [0.717, 1.165) is 11.1 Å². The van der Waals surface area contributed by atoms with Gasteiger partial charge >= 0.3 is 6.61 Å². The predicted octanol–water partition coefficient (Wildman–Crippen LogP) is 4.58. The summed E-state index contributed by atoms with van der Waals surface area (Å²) in [4.78, 5) is 32.2. The lowest BCUT2D eigenvalue weighted by Crippen LogP contribution is -2.27. The van der Waals surface area contributed by atoms with Crippen LogP contribution in [0.25, 0.3) is 0 Å². The number of carbonyl (C=O) groups excluding carboxylic acids is 2. The number of rotatable bonds is 8. The van der Waals surface area contributed by atoms with Crippen molar-refractivity contribution in [2.75, 3.05) is 11.4 Å². The second kappa shape index (κ2) is 10.1. The molecule has 2 aromatic carbocycles. The van der Waals surface area contributed by atoms with Crippen molar-refractivity contribution < 1.29 is 23.1 Å². The van der Waals surface area contributed by atoms with Crippen LogP contribution >= 0.6 is 11.3 Å². The lowest BCUT2D eigenvalue weighted by Gasteiger charge is -2.13. The molecule has 6 nitrogen and oxygen atoms in total. The second-order valence-corrected chi connectivity index (χ2v) is 8.76. The molecule has 1 atom stereocenters. The summed E-state index contributed by atoms with van der Waals surface area (Å²) in [5.74, 6) is -0.404. The van der Waals surface area contributed by atoms with Crippen molar-refractivity contribution in [1.29, 1.82) is 0 Å². The van der Waals surface area contributed by atoms with Crippen LogP contribution in [0.15, 0.2) is 54.6 Å². The monoisotopic (exact) mass is 471 g/mol. The Hall–Kier alpha value is -3.33. The molecule has 1 aliphatic heterocycles. The number of hydrogen-bond acceptors (Lipinski definition) is 5. The number of amides is 2. The highest BCUT2D eigenvalue weighted by Gasteiger charge is 2.35. The highest BCUT2D eigenvalue weighted by molar-refractivity contribution is 7.17. The van der Waals surface area contributed by atoms with Crippen molar-refractivity contribution in [1.82, 2.24) is 10.3 Å². The van der Waals surface area contributed by atoms with Crippen LogP contribution in [0.3, 0.4) is 0 Å². The Morgan fingerprint density at radius 3 is 2.61 bits per heavy atom. The fraction of sp³-hybridized carbons (Fsp3) is 0.292. The minimum Gasteiger partial charge on any atom is -0.435 e. The Morgan fingerprint density at radius 2 is 1.91 bits per heavy atom. The quantitative estimate of drug-likeness (QED) is 0.522. The number of ether oxygens (including phenoxy) is 1. The summed E-state index contributed by atoms with van der Waals surface area (Å²) in [6.45, 7) is -0.168. The molecule has 1 aliphatic rings. The summed E-state index contributed by atoms with van der Waals surface area (Å²) in [5.41, 5.74) is 2.46. The van der Waals surface area contributed by atoms with Crippen LogP contribution in [0, 0.1) is 12.8 Å². The molecule has 2 heterocycles. The first-order valence-corrected chi connectivity index (χ1v) is 11.4. The van der Waals surface area contributed by atoms with E-state index in [2.05, 4.69) is 15.0 Å². The Kier molecular flexibility index (Phi) is 6.98. The smallest absolute Gasteiger partial charge is 0.387 e. The Bertz CT molecular complexity index is 1120. The van der Waals surface area contributed by atoms with Crippen LogP contribution in [0.1, 0.15) is 32.9 Å². The van der Waals surface area contributed by atoms with Gasteiger partial charge in [-0.3, -0.25) is 14.5 Å². The van der Waals surface area contributed by atoms with E-state index in [1.807, 2.05) is 30.3 Å². The van der Waals surface area contributed by atoms with Gasteiger partial charge in [-0.2, -0.15) is 8.78 Å². The van der Waals surface area contributed by atoms with E-state index >= 15 is 0 Å². The molecule has 0 aliphatic carbocycles. The van der Waals surface area contributed by atoms with Crippen molar-refractivity contribution in [2.45, 2.75) is 32.9 Å². The molecule has 0 spiro atoms. The number of benzene rings is 2. The molecular formula is C24H23F2N3O3S. The molecule has 0 saturated carbocycles. The summed E-state index contributed by atoms with van der Waals surface area (Å²) in [6.07, 6.45) is 1.15. The number of halogens is 2. The zero-order valence-electron chi connectivity index (χ0n) is 18.0. The minimum atomic E-state index is -2.87.